The van der Waals surface area contributed by atoms with Gasteiger partial charge in [0.15, 0.2) is 0 Å². The fourth-order valence-corrected chi connectivity index (χ4v) is 1.48. The minimum Gasteiger partial charge on any atom is -0.398 e. The molecule has 0 saturated carbocycles. The molecule has 4 heteroatoms. The second kappa shape index (κ2) is 5.95. The van der Waals surface area contributed by atoms with Crippen LogP contribution < -0.4 is 11.1 Å². The highest BCUT2D eigenvalue weighted by Gasteiger charge is 2.02. The Kier molecular flexibility index (Phi) is 4.88. The standard InChI is InChI=1S/C11H17ClN2O/c1-8-5-11(13)9(6-10(8)12)7-14-3-4-15-2/h5-6,14H,3-4,7,13H2,1-2H3. The Bertz CT molecular complexity index is 329. The van der Waals surface area contributed by atoms with Crippen molar-refractivity contribution in [2.24, 2.45) is 0 Å². The Hall–Kier alpha value is -0.770. The van der Waals surface area contributed by atoms with E-state index in [9.17, 15) is 0 Å². The molecule has 0 bridgehead atoms. The van der Waals surface area contributed by atoms with Gasteiger partial charge >= 0.3 is 0 Å². The van der Waals surface area contributed by atoms with Gasteiger partial charge in [-0.1, -0.05) is 11.6 Å². The maximum atomic E-state index is 6.02. The van der Waals surface area contributed by atoms with E-state index in [1.54, 1.807) is 7.11 Å². The third-order valence-corrected chi connectivity index (χ3v) is 2.63. The predicted molar refractivity (Wildman–Crippen MR) is 64.2 cm³/mol. The summed E-state index contributed by atoms with van der Waals surface area (Å²) in [6.45, 7) is 4.16. The third-order valence-electron chi connectivity index (χ3n) is 2.22. The van der Waals surface area contributed by atoms with Crippen LogP contribution in [0.5, 0.6) is 0 Å². The number of hydrogen-bond donors (Lipinski definition) is 2. The number of hydrogen-bond acceptors (Lipinski definition) is 3. The zero-order valence-electron chi connectivity index (χ0n) is 9.14. The molecule has 0 aromatic heterocycles. The van der Waals surface area contributed by atoms with Crippen LogP contribution in [0.15, 0.2) is 12.1 Å². The summed E-state index contributed by atoms with van der Waals surface area (Å²) in [4.78, 5) is 0. The van der Waals surface area contributed by atoms with E-state index in [1.165, 1.54) is 0 Å². The van der Waals surface area contributed by atoms with Crippen LogP contribution >= 0.6 is 11.6 Å². The summed E-state index contributed by atoms with van der Waals surface area (Å²) < 4.78 is 4.93. The Morgan fingerprint density at radius 2 is 2.20 bits per heavy atom. The van der Waals surface area contributed by atoms with E-state index in [4.69, 9.17) is 22.1 Å². The summed E-state index contributed by atoms with van der Waals surface area (Å²) in [5.41, 5.74) is 8.69. The number of nitrogens with one attached hydrogen (secondary N) is 1. The van der Waals surface area contributed by atoms with Gasteiger partial charge in [0.25, 0.3) is 0 Å². The van der Waals surface area contributed by atoms with Crippen molar-refractivity contribution in [3.05, 3.63) is 28.3 Å². The molecule has 1 aromatic carbocycles. The number of halogens is 1. The number of methoxy groups -OCH3 is 1. The molecular weight excluding hydrogens is 212 g/mol. The van der Waals surface area contributed by atoms with Crippen LogP contribution in [-0.2, 0) is 11.3 Å². The minimum atomic E-state index is 0.694. The maximum Gasteiger partial charge on any atom is 0.0587 e. The van der Waals surface area contributed by atoms with Crippen LogP contribution in [0.4, 0.5) is 5.69 Å². The highest BCUT2D eigenvalue weighted by Crippen LogP contribution is 2.22. The smallest absolute Gasteiger partial charge is 0.0587 e. The number of benzene rings is 1. The molecule has 0 atom stereocenters. The molecule has 3 nitrogen and oxygen atoms in total. The zero-order valence-corrected chi connectivity index (χ0v) is 9.90. The van der Waals surface area contributed by atoms with Crippen molar-refractivity contribution < 1.29 is 4.74 Å². The van der Waals surface area contributed by atoms with E-state index >= 15 is 0 Å². The van der Waals surface area contributed by atoms with Gasteiger partial charge in [-0.15, -0.1) is 0 Å². The first-order chi connectivity index (χ1) is 7.15. The zero-order chi connectivity index (χ0) is 11.3. The number of aryl methyl sites for hydroxylation is 1. The quantitative estimate of drug-likeness (QED) is 0.599. The van der Waals surface area contributed by atoms with Crippen molar-refractivity contribution in [2.75, 3.05) is 26.0 Å². The predicted octanol–water partition coefficient (Wildman–Crippen LogP) is 1.97. The molecule has 3 N–H and O–H groups in total. The van der Waals surface area contributed by atoms with Crippen molar-refractivity contribution in [3.63, 3.8) is 0 Å². The first-order valence-electron chi connectivity index (χ1n) is 4.89. The molecule has 0 aliphatic rings. The average Bonchev–Trinajstić information content (AvgIpc) is 2.20. The van der Waals surface area contributed by atoms with Crippen molar-refractivity contribution in [1.29, 1.82) is 0 Å². The Balaban J connectivity index is 2.57. The summed E-state index contributed by atoms with van der Waals surface area (Å²) in [5, 5.41) is 3.98. The summed E-state index contributed by atoms with van der Waals surface area (Å²) in [7, 11) is 1.68. The van der Waals surface area contributed by atoms with E-state index in [0.29, 0.717) is 6.61 Å². The highest BCUT2D eigenvalue weighted by atomic mass is 35.5. The van der Waals surface area contributed by atoms with Crippen molar-refractivity contribution in [2.45, 2.75) is 13.5 Å². The molecule has 0 amide bonds. The molecule has 0 aliphatic carbocycles. The lowest BCUT2D eigenvalue weighted by atomic mass is 10.1. The van der Waals surface area contributed by atoms with Crippen LogP contribution in [0.2, 0.25) is 5.02 Å². The van der Waals surface area contributed by atoms with Gasteiger partial charge in [0.05, 0.1) is 6.61 Å². The second-order valence-corrected chi connectivity index (χ2v) is 3.88. The first-order valence-corrected chi connectivity index (χ1v) is 5.27. The molecule has 0 radical (unpaired) electrons. The number of anilines is 1. The van der Waals surface area contributed by atoms with E-state index in [0.717, 1.165) is 34.9 Å². The Labute approximate surface area is 95.6 Å². The largest absolute Gasteiger partial charge is 0.398 e. The van der Waals surface area contributed by atoms with Crippen molar-refractivity contribution in [1.82, 2.24) is 5.32 Å². The number of nitrogens with two attached hydrogens (primary N) is 1. The lowest BCUT2D eigenvalue weighted by Gasteiger charge is -2.09. The molecule has 0 heterocycles. The normalized spacial score (nSPS) is 10.6. The SMILES string of the molecule is COCCNCc1cc(Cl)c(C)cc1N. The van der Waals surface area contributed by atoms with Crippen LogP contribution in [0, 0.1) is 6.92 Å². The maximum absolute atomic E-state index is 6.02. The van der Waals surface area contributed by atoms with Crippen LogP contribution in [-0.4, -0.2) is 20.3 Å². The summed E-state index contributed by atoms with van der Waals surface area (Å²) in [6.07, 6.45) is 0. The van der Waals surface area contributed by atoms with E-state index in [2.05, 4.69) is 5.32 Å². The molecule has 84 valence electrons. The Morgan fingerprint density at radius 1 is 1.47 bits per heavy atom. The number of nitrogen functional groups attached to an aromatic ring is 1. The highest BCUT2D eigenvalue weighted by molar-refractivity contribution is 6.31. The molecule has 0 saturated heterocycles. The molecular formula is C11H17ClN2O. The van der Waals surface area contributed by atoms with Gasteiger partial charge in [-0.3, -0.25) is 0 Å². The summed E-state index contributed by atoms with van der Waals surface area (Å²) in [5.74, 6) is 0. The Morgan fingerprint density at radius 3 is 2.87 bits per heavy atom. The lowest BCUT2D eigenvalue weighted by molar-refractivity contribution is 0.199. The number of ether oxygens (including phenoxy) is 1. The minimum absolute atomic E-state index is 0.694. The molecule has 0 fully saturated rings. The second-order valence-electron chi connectivity index (χ2n) is 3.47. The number of rotatable bonds is 5. The van der Waals surface area contributed by atoms with Crippen LogP contribution in [0.25, 0.3) is 0 Å². The van der Waals surface area contributed by atoms with Gasteiger partial charge in [0.1, 0.15) is 0 Å². The molecule has 0 aliphatic heterocycles. The molecule has 0 unspecified atom stereocenters. The van der Waals surface area contributed by atoms with Crippen LogP contribution in [0.1, 0.15) is 11.1 Å². The lowest BCUT2D eigenvalue weighted by Crippen LogP contribution is -2.19. The topological polar surface area (TPSA) is 47.3 Å². The molecule has 1 aromatic rings. The van der Waals surface area contributed by atoms with Gasteiger partial charge in [-0.2, -0.15) is 0 Å². The van der Waals surface area contributed by atoms with Gasteiger partial charge in [0, 0.05) is 30.9 Å². The van der Waals surface area contributed by atoms with E-state index in [1.807, 2.05) is 19.1 Å². The fraction of sp³-hybridized carbons (Fsp3) is 0.455. The monoisotopic (exact) mass is 228 g/mol. The van der Waals surface area contributed by atoms with Crippen molar-refractivity contribution >= 4 is 17.3 Å². The molecule has 15 heavy (non-hydrogen) atoms. The fourth-order valence-electron chi connectivity index (χ4n) is 1.30. The van der Waals surface area contributed by atoms with Gasteiger partial charge < -0.3 is 15.8 Å². The molecule has 0 spiro atoms. The van der Waals surface area contributed by atoms with Gasteiger partial charge in [-0.05, 0) is 30.2 Å². The first kappa shape index (κ1) is 12.3. The molecule has 1 rings (SSSR count). The third kappa shape index (κ3) is 3.70. The van der Waals surface area contributed by atoms with Gasteiger partial charge in [-0.25, -0.2) is 0 Å². The average molecular weight is 229 g/mol. The van der Waals surface area contributed by atoms with E-state index < -0.39 is 0 Å². The van der Waals surface area contributed by atoms with E-state index in [-0.39, 0.29) is 0 Å². The summed E-state index contributed by atoms with van der Waals surface area (Å²) in [6, 6.07) is 3.81. The van der Waals surface area contributed by atoms with Crippen LogP contribution in [0.3, 0.4) is 0 Å². The van der Waals surface area contributed by atoms with Gasteiger partial charge in [0.2, 0.25) is 0 Å². The summed E-state index contributed by atoms with van der Waals surface area (Å²) >= 11 is 6.02. The van der Waals surface area contributed by atoms with Crippen molar-refractivity contribution in [3.8, 4) is 0 Å².